The molecule has 2 N–H and O–H groups in total. The molecule has 2 heterocycles. The van der Waals surface area contributed by atoms with Crippen LogP contribution in [0, 0.1) is 0 Å². The second-order valence-electron chi connectivity index (χ2n) is 3.19. The normalized spacial score (nSPS) is 13.7. The highest BCUT2D eigenvalue weighted by Crippen LogP contribution is 2.33. The van der Waals surface area contributed by atoms with Gasteiger partial charge in [-0.3, -0.25) is 0 Å². The van der Waals surface area contributed by atoms with Crippen LogP contribution in [0.1, 0.15) is 30.7 Å². The van der Waals surface area contributed by atoms with E-state index in [0.29, 0.717) is 0 Å². The molecule has 2 aromatic heterocycles. The Morgan fingerprint density at radius 3 is 3.00 bits per heavy atom. The number of hydrogen-bond donors (Lipinski definition) is 1. The van der Waals surface area contributed by atoms with Crippen LogP contribution < -0.4 is 5.73 Å². The minimum Gasteiger partial charge on any atom is -0.323 e. The van der Waals surface area contributed by atoms with Crippen LogP contribution in [0.5, 0.6) is 0 Å². The van der Waals surface area contributed by atoms with Crippen molar-refractivity contribution >= 4 is 32.1 Å². The van der Waals surface area contributed by atoms with E-state index in [1.165, 1.54) is 14.3 Å². The Bertz CT molecular complexity index is 360. The monoisotopic (exact) mass is 211 g/mol. The first kappa shape index (κ1) is 9.19. The maximum absolute atomic E-state index is 6.04. The van der Waals surface area contributed by atoms with Crippen LogP contribution in [-0.4, -0.2) is 0 Å². The summed E-state index contributed by atoms with van der Waals surface area (Å²) in [6.07, 6.45) is 2.25. The molecule has 0 aliphatic rings. The molecule has 1 unspecified atom stereocenters. The average Bonchev–Trinajstić information content (AvgIpc) is 2.61. The SMILES string of the molecule is CCCC(N)c1cc2sccc2s1. The lowest BCUT2D eigenvalue weighted by Gasteiger charge is -2.05. The minimum atomic E-state index is 0.245. The molecule has 0 saturated carbocycles. The van der Waals surface area contributed by atoms with E-state index in [4.69, 9.17) is 5.73 Å². The Hall–Kier alpha value is -0.380. The molecule has 1 nitrogen and oxygen atoms in total. The van der Waals surface area contributed by atoms with Crippen LogP contribution in [0.4, 0.5) is 0 Å². The smallest absolute Gasteiger partial charge is 0.0454 e. The van der Waals surface area contributed by atoms with Crippen LogP contribution in [0.2, 0.25) is 0 Å². The van der Waals surface area contributed by atoms with Crippen LogP contribution in [0.15, 0.2) is 17.5 Å². The lowest BCUT2D eigenvalue weighted by atomic mass is 10.1. The van der Waals surface area contributed by atoms with Gasteiger partial charge >= 0.3 is 0 Å². The number of fused-ring (bicyclic) bond motifs is 1. The van der Waals surface area contributed by atoms with Gasteiger partial charge in [0.1, 0.15) is 0 Å². The van der Waals surface area contributed by atoms with Crippen molar-refractivity contribution in [1.82, 2.24) is 0 Å². The average molecular weight is 211 g/mol. The van der Waals surface area contributed by atoms with E-state index in [0.717, 1.165) is 12.8 Å². The summed E-state index contributed by atoms with van der Waals surface area (Å²) in [5.74, 6) is 0. The van der Waals surface area contributed by atoms with Gasteiger partial charge in [0.05, 0.1) is 0 Å². The first-order chi connectivity index (χ1) is 6.31. The Morgan fingerprint density at radius 2 is 2.31 bits per heavy atom. The first-order valence-corrected chi connectivity index (χ1v) is 6.23. The minimum absolute atomic E-state index is 0.245. The van der Waals surface area contributed by atoms with Crippen molar-refractivity contribution in [3.05, 3.63) is 22.4 Å². The van der Waals surface area contributed by atoms with Gasteiger partial charge in [0, 0.05) is 20.3 Å². The van der Waals surface area contributed by atoms with Gasteiger partial charge in [-0.1, -0.05) is 13.3 Å². The summed E-state index contributed by atoms with van der Waals surface area (Å²) in [6, 6.07) is 4.66. The van der Waals surface area contributed by atoms with Crippen molar-refractivity contribution in [2.75, 3.05) is 0 Å². The third-order valence-electron chi connectivity index (χ3n) is 2.12. The first-order valence-electron chi connectivity index (χ1n) is 4.53. The van der Waals surface area contributed by atoms with Gasteiger partial charge in [0.15, 0.2) is 0 Å². The molecule has 0 fully saturated rings. The molecule has 0 aromatic carbocycles. The summed E-state index contributed by atoms with van der Waals surface area (Å²) >= 11 is 3.64. The molecule has 1 atom stereocenters. The highest BCUT2D eigenvalue weighted by Gasteiger charge is 2.09. The summed E-state index contributed by atoms with van der Waals surface area (Å²) in [4.78, 5) is 1.34. The number of thiophene rings is 2. The van der Waals surface area contributed by atoms with E-state index in [9.17, 15) is 0 Å². The number of hydrogen-bond acceptors (Lipinski definition) is 3. The molecule has 70 valence electrons. The topological polar surface area (TPSA) is 26.0 Å². The molecule has 0 spiro atoms. The summed E-state index contributed by atoms with van der Waals surface area (Å²) in [7, 11) is 0. The van der Waals surface area contributed by atoms with Crippen LogP contribution >= 0.6 is 22.7 Å². The number of rotatable bonds is 3. The maximum Gasteiger partial charge on any atom is 0.0454 e. The third kappa shape index (κ3) is 1.77. The van der Waals surface area contributed by atoms with E-state index in [-0.39, 0.29) is 6.04 Å². The molecule has 0 radical (unpaired) electrons. The van der Waals surface area contributed by atoms with E-state index in [1.54, 1.807) is 11.3 Å². The Kier molecular flexibility index (Phi) is 2.67. The van der Waals surface area contributed by atoms with Gasteiger partial charge in [0.2, 0.25) is 0 Å². The predicted molar refractivity (Wildman–Crippen MR) is 61.5 cm³/mol. The zero-order valence-electron chi connectivity index (χ0n) is 7.62. The van der Waals surface area contributed by atoms with Crippen molar-refractivity contribution in [3.63, 3.8) is 0 Å². The number of nitrogens with two attached hydrogens (primary N) is 1. The molecule has 13 heavy (non-hydrogen) atoms. The van der Waals surface area contributed by atoms with Crippen molar-refractivity contribution in [2.24, 2.45) is 5.73 Å². The molecular weight excluding hydrogens is 198 g/mol. The standard InChI is InChI=1S/C10H13NS2/c1-2-3-7(11)9-6-10-8(13-9)4-5-12-10/h4-7H,2-3,11H2,1H3. The van der Waals surface area contributed by atoms with Crippen LogP contribution in [0.25, 0.3) is 9.40 Å². The molecule has 0 bridgehead atoms. The van der Waals surface area contributed by atoms with Crippen LogP contribution in [0.3, 0.4) is 0 Å². The zero-order valence-corrected chi connectivity index (χ0v) is 9.25. The van der Waals surface area contributed by atoms with Crippen molar-refractivity contribution < 1.29 is 0 Å². The van der Waals surface area contributed by atoms with Crippen molar-refractivity contribution in [3.8, 4) is 0 Å². The highest BCUT2D eigenvalue weighted by atomic mass is 32.1. The molecule has 2 rings (SSSR count). The van der Waals surface area contributed by atoms with Crippen LogP contribution in [-0.2, 0) is 0 Å². The lowest BCUT2D eigenvalue weighted by molar-refractivity contribution is 0.649. The van der Waals surface area contributed by atoms with Gasteiger partial charge in [-0.05, 0) is 23.9 Å². The summed E-state index contributed by atoms with van der Waals surface area (Å²) in [5, 5.41) is 2.14. The zero-order chi connectivity index (χ0) is 9.26. The van der Waals surface area contributed by atoms with Gasteiger partial charge in [-0.25, -0.2) is 0 Å². The molecule has 3 heteroatoms. The molecular formula is C10H13NS2. The van der Waals surface area contributed by atoms with Gasteiger partial charge < -0.3 is 5.73 Å². The highest BCUT2D eigenvalue weighted by molar-refractivity contribution is 7.26. The van der Waals surface area contributed by atoms with E-state index < -0.39 is 0 Å². The Labute approximate surface area is 86.2 Å². The molecule has 0 aliphatic heterocycles. The quantitative estimate of drug-likeness (QED) is 0.822. The van der Waals surface area contributed by atoms with E-state index >= 15 is 0 Å². The second-order valence-corrected chi connectivity index (χ2v) is 5.26. The Balaban J connectivity index is 2.28. The third-order valence-corrected chi connectivity index (χ3v) is 4.35. The fourth-order valence-corrected chi connectivity index (χ4v) is 3.58. The second kappa shape index (κ2) is 3.78. The largest absolute Gasteiger partial charge is 0.323 e. The lowest BCUT2D eigenvalue weighted by Crippen LogP contribution is -2.07. The predicted octanol–water partition coefficient (Wildman–Crippen LogP) is 3.76. The molecule has 0 aliphatic carbocycles. The molecule has 0 amide bonds. The Morgan fingerprint density at radius 1 is 1.46 bits per heavy atom. The van der Waals surface area contributed by atoms with Crippen molar-refractivity contribution in [1.29, 1.82) is 0 Å². The summed E-state index contributed by atoms with van der Waals surface area (Å²) in [5.41, 5.74) is 6.04. The van der Waals surface area contributed by atoms with E-state index in [1.807, 2.05) is 11.3 Å². The van der Waals surface area contributed by atoms with Gasteiger partial charge in [0.25, 0.3) is 0 Å². The summed E-state index contributed by atoms with van der Waals surface area (Å²) in [6.45, 7) is 2.18. The fourth-order valence-electron chi connectivity index (χ4n) is 1.42. The van der Waals surface area contributed by atoms with Gasteiger partial charge in [-0.2, -0.15) is 0 Å². The fraction of sp³-hybridized carbons (Fsp3) is 0.400. The van der Waals surface area contributed by atoms with Gasteiger partial charge in [-0.15, -0.1) is 22.7 Å². The maximum atomic E-state index is 6.04. The van der Waals surface area contributed by atoms with Crippen molar-refractivity contribution in [2.45, 2.75) is 25.8 Å². The molecule has 0 saturated heterocycles. The molecule has 2 aromatic rings. The summed E-state index contributed by atoms with van der Waals surface area (Å²) < 4.78 is 2.76. The van der Waals surface area contributed by atoms with E-state index in [2.05, 4.69) is 24.4 Å².